The van der Waals surface area contributed by atoms with Gasteiger partial charge in [0.1, 0.15) is 0 Å². The van der Waals surface area contributed by atoms with E-state index < -0.39 is 5.41 Å². The highest BCUT2D eigenvalue weighted by Crippen LogP contribution is 2.36. The molecular weight excluding hydrogens is 352 g/mol. The minimum absolute atomic E-state index is 0.177. The van der Waals surface area contributed by atoms with Crippen molar-refractivity contribution in [2.24, 2.45) is 5.41 Å². The summed E-state index contributed by atoms with van der Waals surface area (Å²) in [5.74, 6) is -0.213. The maximum atomic E-state index is 13.0. The molecule has 0 bridgehead atoms. The summed E-state index contributed by atoms with van der Waals surface area (Å²) in [6.45, 7) is 5.20. The monoisotopic (exact) mass is 380 g/mol. The lowest BCUT2D eigenvalue weighted by Gasteiger charge is -2.41. The van der Waals surface area contributed by atoms with Gasteiger partial charge in [0.05, 0.1) is 12.0 Å². The number of aryl methyl sites for hydroxylation is 1. The average molecular weight is 380 g/mol. The smallest absolute Gasteiger partial charge is 0.321 e. The van der Waals surface area contributed by atoms with Crippen LogP contribution in [0, 0.1) is 12.3 Å². The Hall–Kier alpha value is -2.82. The van der Waals surface area contributed by atoms with E-state index in [2.05, 4.69) is 24.4 Å². The van der Waals surface area contributed by atoms with Gasteiger partial charge in [-0.15, -0.1) is 0 Å². The zero-order valence-corrected chi connectivity index (χ0v) is 16.6. The van der Waals surface area contributed by atoms with Crippen molar-refractivity contribution in [3.63, 3.8) is 0 Å². The Bertz CT molecular complexity index is 822. The number of nitrogens with zero attached hydrogens (tertiary/aromatic N) is 1. The van der Waals surface area contributed by atoms with Crippen molar-refractivity contribution in [1.29, 1.82) is 0 Å². The number of rotatable bonds is 5. The van der Waals surface area contributed by atoms with Gasteiger partial charge >= 0.3 is 12.0 Å². The molecule has 0 aliphatic carbocycles. The Kier molecular flexibility index (Phi) is 6.34. The molecule has 1 heterocycles. The number of carbonyl (C=O) groups excluding carboxylic acids is 2. The molecular formula is C23H28N2O3. The van der Waals surface area contributed by atoms with Crippen LogP contribution in [0.15, 0.2) is 54.6 Å². The van der Waals surface area contributed by atoms with Crippen LogP contribution in [0.4, 0.5) is 10.5 Å². The summed E-state index contributed by atoms with van der Waals surface area (Å²) in [5, 5.41) is 2.93. The van der Waals surface area contributed by atoms with Crippen LogP contribution in [0.3, 0.4) is 0 Å². The molecule has 2 amide bonds. The topological polar surface area (TPSA) is 58.6 Å². The third kappa shape index (κ3) is 4.53. The van der Waals surface area contributed by atoms with Crippen molar-refractivity contribution < 1.29 is 14.3 Å². The fourth-order valence-corrected chi connectivity index (χ4v) is 3.87. The zero-order chi connectivity index (χ0) is 20.0. The number of urea groups is 1. The van der Waals surface area contributed by atoms with Gasteiger partial charge < -0.3 is 15.0 Å². The van der Waals surface area contributed by atoms with Gasteiger partial charge in [-0.2, -0.15) is 0 Å². The SMILES string of the molecule is CCOC(=O)[C@]1(Cc2ccccc2C)CCCN(C(=O)Nc2ccccc2)C1. The fraction of sp³-hybridized carbons (Fsp3) is 0.391. The predicted octanol–water partition coefficient (Wildman–Crippen LogP) is 4.41. The molecule has 1 atom stereocenters. The van der Waals surface area contributed by atoms with Gasteiger partial charge in [-0.3, -0.25) is 4.79 Å². The first-order valence-corrected chi connectivity index (χ1v) is 9.87. The van der Waals surface area contributed by atoms with Gasteiger partial charge in [0.2, 0.25) is 0 Å². The van der Waals surface area contributed by atoms with Crippen molar-refractivity contribution in [2.75, 3.05) is 25.0 Å². The molecule has 3 rings (SSSR count). The Balaban J connectivity index is 1.82. The second kappa shape index (κ2) is 8.91. The molecule has 1 N–H and O–H groups in total. The van der Waals surface area contributed by atoms with E-state index in [1.54, 1.807) is 4.90 Å². The highest BCUT2D eigenvalue weighted by atomic mass is 16.5. The van der Waals surface area contributed by atoms with E-state index >= 15 is 0 Å². The van der Waals surface area contributed by atoms with E-state index in [1.165, 1.54) is 0 Å². The molecule has 0 aromatic heterocycles. The Morgan fingerprint density at radius 3 is 2.54 bits per heavy atom. The van der Waals surface area contributed by atoms with Crippen LogP contribution < -0.4 is 5.32 Å². The molecule has 0 radical (unpaired) electrons. The van der Waals surface area contributed by atoms with Crippen molar-refractivity contribution >= 4 is 17.7 Å². The molecule has 0 spiro atoms. The highest BCUT2D eigenvalue weighted by Gasteiger charge is 2.45. The normalized spacial score (nSPS) is 19.1. The lowest BCUT2D eigenvalue weighted by molar-refractivity contribution is -0.158. The van der Waals surface area contributed by atoms with E-state index in [4.69, 9.17) is 4.74 Å². The maximum absolute atomic E-state index is 13.0. The first kappa shape index (κ1) is 19.9. The summed E-state index contributed by atoms with van der Waals surface area (Å²) in [6, 6.07) is 17.3. The lowest BCUT2D eigenvalue weighted by Crippen LogP contribution is -2.52. The molecule has 28 heavy (non-hydrogen) atoms. The number of ether oxygens (including phenoxy) is 1. The number of nitrogens with one attached hydrogen (secondary N) is 1. The third-order valence-corrected chi connectivity index (χ3v) is 5.39. The molecule has 1 fully saturated rings. The van der Waals surface area contributed by atoms with Crippen LogP contribution in [-0.4, -0.2) is 36.6 Å². The van der Waals surface area contributed by atoms with Crippen molar-refractivity contribution in [3.05, 3.63) is 65.7 Å². The number of hydrogen-bond donors (Lipinski definition) is 1. The van der Waals surface area contributed by atoms with Gasteiger partial charge in [0.15, 0.2) is 0 Å². The number of hydrogen-bond acceptors (Lipinski definition) is 3. The zero-order valence-electron chi connectivity index (χ0n) is 16.6. The standard InChI is InChI=1S/C23H28N2O3/c1-3-28-21(26)23(16-19-11-8-7-10-18(19)2)14-9-15-25(17-23)22(27)24-20-12-5-4-6-13-20/h4-8,10-13H,3,9,14-17H2,1-2H3,(H,24,27)/t23-/m0/s1. The number of esters is 1. The summed E-state index contributed by atoms with van der Waals surface area (Å²) in [5.41, 5.74) is 2.31. The van der Waals surface area contributed by atoms with E-state index in [0.717, 1.165) is 29.7 Å². The first-order chi connectivity index (χ1) is 13.5. The highest BCUT2D eigenvalue weighted by molar-refractivity contribution is 5.90. The Morgan fingerprint density at radius 2 is 1.82 bits per heavy atom. The Morgan fingerprint density at radius 1 is 1.11 bits per heavy atom. The quantitative estimate of drug-likeness (QED) is 0.782. The molecule has 2 aromatic carbocycles. The van der Waals surface area contributed by atoms with Gasteiger partial charge in [0.25, 0.3) is 0 Å². The third-order valence-electron chi connectivity index (χ3n) is 5.39. The number of likely N-dealkylation sites (tertiary alicyclic amines) is 1. The van der Waals surface area contributed by atoms with Gasteiger partial charge in [0, 0.05) is 18.8 Å². The van der Waals surface area contributed by atoms with Crippen LogP contribution in [0.5, 0.6) is 0 Å². The van der Waals surface area contributed by atoms with Gasteiger partial charge in [-0.05, 0) is 56.4 Å². The van der Waals surface area contributed by atoms with E-state index in [-0.39, 0.29) is 12.0 Å². The van der Waals surface area contributed by atoms with Crippen molar-refractivity contribution in [2.45, 2.75) is 33.1 Å². The van der Waals surface area contributed by atoms with E-state index in [1.807, 2.05) is 49.4 Å². The Labute approximate surface area is 166 Å². The molecule has 0 unspecified atom stereocenters. The second-order valence-corrected chi connectivity index (χ2v) is 7.43. The molecule has 0 saturated carbocycles. The first-order valence-electron chi connectivity index (χ1n) is 9.87. The van der Waals surface area contributed by atoms with Gasteiger partial charge in [-0.1, -0.05) is 42.5 Å². The molecule has 1 aliphatic heterocycles. The van der Waals surface area contributed by atoms with Crippen molar-refractivity contribution in [3.8, 4) is 0 Å². The largest absolute Gasteiger partial charge is 0.466 e. The average Bonchev–Trinajstić information content (AvgIpc) is 2.71. The van der Waals surface area contributed by atoms with Gasteiger partial charge in [-0.25, -0.2) is 4.79 Å². The number of para-hydroxylation sites is 1. The number of amides is 2. The molecule has 1 aliphatic rings. The number of carbonyl (C=O) groups is 2. The molecule has 148 valence electrons. The minimum atomic E-state index is -0.714. The minimum Gasteiger partial charge on any atom is -0.466 e. The number of anilines is 1. The molecule has 2 aromatic rings. The molecule has 5 heteroatoms. The fourth-order valence-electron chi connectivity index (χ4n) is 3.87. The van der Waals surface area contributed by atoms with Crippen LogP contribution in [-0.2, 0) is 16.0 Å². The van der Waals surface area contributed by atoms with E-state index in [0.29, 0.717) is 26.1 Å². The van der Waals surface area contributed by atoms with Crippen LogP contribution in [0.2, 0.25) is 0 Å². The summed E-state index contributed by atoms with van der Waals surface area (Å²) in [4.78, 5) is 27.5. The molecule has 1 saturated heterocycles. The number of benzene rings is 2. The van der Waals surface area contributed by atoms with Crippen LogP contribution >= 0.6 is 0 Å². The lowest BCUT2D eigenvalue weighted by atomic mass is 9.74. The second-order valence-electron chi connectivity index (χ2n) is 7.43. The van der Waals surface area contributed by atoms with Crippen LogP contribution in [0.1, 0.15) is 30.9 Å². The predicted molar refractivity (Wildman–Crippen MR) is 110 cm³/mol. The summed E-state index contributed by atoms with van der Waals surface area (Å²) >= 11 is 0. The maximum Gasteiger partial charge on any atom is 0.321 e. The summed E-state index contributed by atoms with van der Waals surface area (Å²) in [7, 11) is 0. The van der Waals surface area contributed by atoms with E-state index in [9.17, 15) is 9.59 Å². The number of piperidine rings is 1. The summed E-state index contributed by atoms with van der Waals surface area (Å²) in [6.07, 6.45) is 2.07. The van der Waals surface area contributed by atoms with Crippen molar-refractivity contribution in [1.82, 2.24) is 4.90 Å². The molecule has 5 nitrogen and oxygen atoms in total. The summed E-state index contributed by atoms with van der Waals surface area (Å²) < 4.78 is 5.45. The van der Waals surface area contributed by atoms with Crippen LogP contribution in [0.25, 0.3) is 0 Å².